The van der Waals surface area contributed by atoms with E-state index < -0.39 is 0 Å². The number of nitrogens with zero attached hydrogens (tertiary/aromatic N) is 4. The predicted molar refractivity (Wildman–Crippen MR) is 74.6 cm³/mol. The number of tetrazole rings is 1. The molecular weight excluding hydrogens is 262 g/mol. The molecule has 2 N–H and O–H groups in total. The first-order valence-corrected chi connectivity index (χ1v) is 6.83. The quantitative estimate of drug-likeness (QED) is 0.873. The normalized spacial score (nSPS) is 16.5. The summed E-state index contributed by atoms with van der Waals surface area (Å²) in [5, 5.41) is 12.6. The number of nitrogen functional groups attached to an aromatic ring is 1. The van der Waals surface area contributed by atoms with E-state index in [-0.39, 0.29) is 0 Å². The van der Waals surface area contributed by atoms with Crippen molar-refractivity contribution in [3.05, 3.63) is 23.2 Å². The zero-order chi connectivity index (χ0) is 13.5. The van der Waals surface area contributed by atoms with Crippen LogP contribution in [0, 0.1) is 5.41 Å². The van der Waals surface area contributed by atoms with E-state index >= 15 is 0 Å². The van der Waals surface area contributed by atoms with Gasteiger partial charge in [0.15, 0.2) is 5.82 Å². The average Bonchev–Trinajstić information content (AvgIpc) is 3.03. The van der Waals surface area contributed by atoms with Crippen LogP contribution >= 0.6 is 11.6 Å². The second kappa shape index (κ2) is 4.49. The molecule has 1 saturated carbocycles. The van der Waals surface area contributed by atoms with E-state index in [9.17, 15) is 0 Å². The number of hydrogen-bond donors (Lipinski definition) is 1. The van der Waals surface area contributed by atoms with E-state index in [1.54, 1.807) is 12.1 Å². The molecule has 19 heavy (non-hydrogen) atoms. The van der Waals surface area contributed by atoms with Crippen molar-refractivity contribution in [2.24, 2.45) is 5.41 Å². The monoisotopic (exact) mass is 277 g/mol. The molecule has 1 fully saturated rings. The standard InChI is InChI=1S/C13H16ClN5/c1-2-13(5-6-13)8-19-12(16-17-18-19)10-7-9(14)3-4-11(10)15/h3-4,7H,2,5-6,8,15H2,1H3. The zero-order valence-electron chi connectivity index (χ0n) is 10.8. The van der Waals surface area contributed by atoms with Gasteiger partial charge in [0.25, 0.3) is 0 Å². The molecule has 6 heteroatoms. The Morgan fingerprint density at radius 2 is 2.21 bits per heavy atom. The van der Waals surface area contributed by atoms with Crippen LogP contribution in [-0.4, -0.2) is 20.2 Å². The number of anilines is 1. The van der Waals surface area contributed by atoms with Gasteiger partial charge in [-0.15, -0.1) is 5.10 Å². The second-order valence-corrected chi connectivity index (χ2v) is 5.68. The highest BCUT2D eigenvalue weighted by atomic mass is 35.5. The lowest BCUT2D eigenvalue weighted by Crippen LogP contribution is -2.13. The van der Waals surface area contributed by atoms with Crippen molar-refractivity contribution >= 4 is 17.3 Å². The molecule has 0 aliphatic heterocycles. The average molecular weight is 278 g/mol. The van der Waals surface area contributed by atoms with Gasteiger partial charge in [-0.3, -0.25) is 0 Å². The SMILES string of the molecule is CCC1(Cn2nnnc2-c2cc(Cl)ccc2N)CC1. The fourth-order valence-corrected chi connectivity index (χ4v) is 2.52. The second-order valence-electron chi connectivity index (χ2n) is 5.25. The van der Waals surface area contributed by atoms with Crippen LogP contribution in [0.25, 0.3) is 11.4 Å². The van der Waals surface area contributed by atoms with Gasteiger partial charge in [-0.25, -0.2) is 4.68 Å². The largest absolute Gasteiger partial charge is 0.398 e. The molecule has 2 aromatic rings. The third-order valence-electron chi connectivity index (χ3n) is 3.98. The maximum Gasteiger partial charge on any atom is 0.184 e. The molecule has 0 spiro atoms. The van der Waals surface area contributed by atoms with Crippen LogP contribution in [0.3, 0.4) is 0 Å². The van der Waals surface area contributed by atoms with Gasteiger partial charge in [0.05, 0.1) is 6.54 Å². The summed E-state index contributed by atoms with van der Waals surface area (Å²) in [7, 11) is 0. The van der Waals surface area contributed by atoms with Crippen LogP contribution in [0.4, 0.5) is 5.69 Å². The molecule has 0 bridgehead atoms. The molecule has 1 aliphatic rings. The predicted octanol–water partition coefficient (Wildman–Crippen LogP) is 2.77. The van der Waals surface area contributed by atoms with Gasteiger partial charge in [-0.05, 0) is 53.3 Å². The Kier molecular flexibility index (Phi) is 2.93. The number of aromatic nitrogens is 4. The van der Waals surface area contributed by atoms with Gasteiger partial charge < -0.3 is 5.73 Å². The molecule has 3 rings (SSSR count). The number of rotatable bonds is 4. The number of halogens is 1. The summed E-state index contributed by atoms with van der Waals surface area (Å²) in [6.07, 6.45) is 3.64. The van der Waals surface area contributed by atoms with Crippen LogP contribution in [0.15, 0.2) is 18.2 Å². The Hall–Kier alpha value is -1.62. The van der Waals surface area contributed by atoms with Crippen molar-refractivity contribution in [3.8, 4) is 11.4 Å². The molecule has 0 amide bonds. The molecule has 1 heterocycles. The van der Waals surface area contributed by atoms with Gasteiger partial charge in [0.2, 0.25) is 0 Å². The van der Waals surface area contributed by atoms with E-state index in [0.717, 1.165) is 18.5 Å². The summed E-state index contributed by atoms with van der Waals surface area (Å²) in [4.78, 5) is 0. The van der Waals surface area contributed by atoms with E-state index in [4.69, 9.17) is 17.3 Å². The van der Waals surface area contributed by atoms with E-state index in [0.29, 0.717) is 21.9 Å². The Bertz CT molecular complexity index is 603. The maximum absolute atomic E-state index is 6.03. The fourth-order valence-electron chi connectivity index (χ4n) is 2.34. The summed E-state index contributed by atoms with van der Waals surface area (Å²) in [6, 6.07) is 5.36. The lowest BCUT2D eigenvalue weighted by Gasteiger charge is -2.13. The summed E-state index contributed by atoms with van der Waals surface area (Å²) in [5.41, 5.74) is 7.80. The van der Waals surface area contributed by atoms with Gasteiger partial charge in [0, 0.05) is 16.3 Å². The van der Waals surface area contributed by atoms with Gasteiger partial charge in [-0.2, -0.15) is 0 Å². The summed E-state index contributed by atoms with van der Waals surface area (Å²) >= 11 is 6.03. The minimum atomic E-state index is 0.372. The first kappa shape index (κ1) is 12.4. The fraction of sp³-hybridized carbons (Fsp3) is 0.462. The van der Waals surface area contributed by atoms with Gasteiger partial charge in [-0.1, -0.05) is 18.5 Å². The van der Waals surface area contributed by atoms with Crippen molar-refractivity contribution in [1.29, 1.82) is 0 Å². The first-order chi connectivity index (χ1) is 9.13. The van der Waals surface area contributed by atoms with Crippen LogP contribution in [0.5, 0.6) is 0 Å². The summed E-state index contributed by atoms with van der Waals surface area (Å²) in [6.45, 7) is 3.06. The molecule has 0 saturated heterocycles. The van der Waals surface area contributed by atoms with Crippen LogP contribution in [-0.2, 0) is 6.54 Å². The van der Waals surface area contributed by atoms with Crippen molar-refractivity contribution in [2.45, 2.75) is 32.7 Å². The summed E-state index contributed by atoms with van der Waals surface area (Å²) < 4.78 is 1.85. The molecule has 0 atom stereocenters. The van der Waals surface area contributed by atoms with Crippen molar-refractivity contribution in [2.75, 3.05) is 5.73 Å². The van der Waals surface area contributed by atoms with Crippen molar-refractivity contribution < 1.29 is 0 Å². The molecule has 1 aromatic heterocycles. The molecule has 0 radical (unpaired) electrons. The zero-order valence-corrected chi connectivity index (χ0v) is 11.6. The molecule has 100 valence electrons. The first-order valence-electron chi connectivity index (χ1n) is 6.45. The Morgan fingerprint density at radius 3 is 2.89 bits per heavy atom. The van der Waals surface area contributed by atoms with E-state index in [1.165, 1.54) is 12.8 Å². The Balaban J connectivity index is 1.97. The number of benzene rings is 1. The molecule has 5 nitrogen and oxygen atoms in total. The summed E-state index contributed by atoms with van der Waals surface area (Å²) in [5.74, 6) is 0.694. The highest BCUT2D eigenvalue weighted by molar-refractivity contribution is 6.31. The van der Waals surface area contributed by atoms with Crippen LogP contribution in [0.2, 0.25) is 5.02 Å². The van der Waals surface area contributed by atoms with E-state index in [1.807, 2.05) is 10.7 Å². The van der Waals surface area contributed by atoms with Crippen molar-refractivity contribution in [1.82, 2.24) is 20.2 Å². The number of hydrogen-bond acceptors (Lipinski definition) is 4. The lowest BCUT2D eigenvalue weighted by atomic mass is 10.0. The van der Waals surface area contributed by atoms with E-state index in [2.05, 4.69) is 22.4 Å². The molecule has 1 aromatic carbocycles. The van der Waals surface area contributed by atoms with Crippen LogP contribution in [0.1, 0.15) is 26.2 Å². The molecule has 1 aliphatic carbocycles. The maximum atomic E-state index is 6.03. The minimum absolute atomic E-state index is 0.372. The minimum Gasteiger partial charge on any atom is -0.398 e. The van der Waals surface area contributed by atoms with Gasteiger partial charge in [0.1, 0.15) is 0 Å². The highest BCUT2D eigenvalue weighted by Crippen LogP contribution is 2.50. The molecular formula is C13H16ClN5. The lowest BCUT2D eigenvalue weighted by molar-refractivity contribution is 0.382. The topological polar surface area (TPSA) is 69.6 Å². The highest BCUT2D eigenvalue weighted by Gasteiger charge is 2.41. The smallest absolute Gasteiger partial charge is 0.184 e. The third kappa shape index (κ3) is 2.30. The van der Waals surface area contributed by atoms with Gasteiger partial charge >= 0.3 is 0 Å². The third-order valence-corrected chi connectivity index (χ3v) is 4.22. The number of nitrogens with two attached hydrogens (primary N) is 1. The Labute approximate surface area is 116 Å². The van der Waals surface area contributed by atoms with Crippen LogP contribution < -0.4 is 5.73 Å². The molecule has 0 unspecified atom stereocenters. The van der Waals surface area contributed by atoms with Crippen molar-refractivity contribution in [3.63, 3.8) is 0 Å². The Morgan fingerprint density at radius 1 is 1.42 bits per heavy atom.